The fourth-order valence-corrected chi connectivity index (χ4v) is 0.366. The second-order valence-electron chi connectivity index (χ2n) is 1.28. The van der Waals surface area contributed by atoms with Gasteiger partial charge in [-0.15, -0.1) is 10.2 Å². The summed E-state index contributed by atoms with van der Waals surface area (Å²) in [5, 5.41) is 6.61. The maximum atomic E-state index is 10.5. The first kappa shape index (κ1) is 5.74. The maximum absolute atomic E-state index is 10.5. The van der Waals surface area contributed by atoms with E-state index in [1.807, 2.05) is 0 Å². The highest BCUT2D eigenvalue weighted by molar-refractivity contribution is 5.84. The molecule has 1 aromatic rings. The molecule has 1 rings (SSSR count). The van der Waals surface area contributed by atoms with Gasteiger partial charge in [0.2, 0.25) is 5.82 Å². The Morgan fingerprint density at radius 1 is 1.89 bits per heavy atom. The molecule has 1 heterocycles. The van der Waals surface area contributed by atoms with Crippen molar-refractivity contribution in [3.05, 3.63) is 12.2 Å². The van der Waals surface area contributed by atoms with E-state index in [1.54, 1.807) is 0 Å². The van der Waals surface area contributed by atoms with Gasteiger partial charge in [0.15, 0.2) is 6.33 Å². The Balaban J connectivity index is 2.77. The highest BCUT2D eigenvalue weighted by Crippen LogP contribution is 1.85. The van der Waals surface area contributed by atoms with Crippen molar-refractivity contribution in [1.82, 2.24) is 15.2 Å². The molecule has 0 amide bonds. The molecule has 5 nitrogen and oxygen atoms in total. The number of methoxy groups -OCH3 is 1. The highest BCUT2D eigenvalue weighted by Gasteiger charge is 2.06. The number of hydrogen-bond acceptors (Lipinski definition) is 4. The van der Waals surface area contributed by atoms with E-state index in [-0.39, 0.29) is 5.82 Å². The molecule has 0 aliphatic carbocycles. The van der Waals surface area contributed by atoms with Crippen LogP contribution >= 0.6 is 0 Å². The number of aromatic nitrogens is 3. The van der Waals surface area contributed by atoms with Gasteiger partial charge in [0.1, 0.15) is 0 Å². The summed E-state index contributed by atoms with van der Waals surface area (Å²) in [6, 6.07) is 0. The van der Waals surface area contributed by atoms with E-state index in [1.165, 1.54) is 7.11 Å². The van der Waals surface area contributed by atoms with Crippen LogP contribution in [0.3, 0.4) is 0 Å². The van der Waals surface area contributed by atoms with Gasteiger partial charge in [0.05, 0.1) is 7.11 Å². The fraction of sp³-hybridized carbons (Fsp3) is 0.250. The summed E-state index contributed by atoms with van der Waals surface area (Å²) in [5.74, 6) is -0.471. The maximum Gasteiger partial charge on any atom is 0.376 e. The molecular formula is C4H4N3O2. The van der Waals surface area contributed by atoms with Crippen LogP contribution in [0.4, 0.5) is 0 Å². The molecule has 1 N–H and O–H groups in total. The van der Waals surface area contributed by atoms with Gasteiger partial charge in [-0.3, -0.25) is 0 Å². The minimum absolute atomic E-state index is 0.0671. The molecule has 0 aromatic carbocycles. The predicted molar refractivity (Wildman–Crippen MR) is 26.6 cm³/mol. The number of ether oxygens (including phenoxy) is 1. The lowest BCUT2D eigenvalue weighted by molar-refractivity contribution is 0.0587. The Bertz CT molecular complexity index is 194. The van der Waals surface area contributed by atoms with E-state index in [4.69, 9.17) is 0 Å². The van der Waals surface area contributed by atoms with E-state index in [0.717, 1.165) is 0 Å². The van der Waals surface area contributed by atoms with Crippen molar-refractivity contribution in [3.63, 3.8) is 0 Å². The van der Waals surface area contributed by atoms with Crippen LogP contribution in [0.2, 0.25) is 0 Å². The van der Waals surface area contributed by atoms with Crippen molar-refractivity contribution >= 4 is 5.97 Å². The van der Waals surface area contributed by atoms with Gasteiger partial charge in [-0.1, -0.05) is 0 Å². The number of H-pyrrole nitrogens is 1. The fourth-order valence-electron chi connectivity index (χ4n) is 0.366. The molecule has 0 aliphatic rings. The number of aromatic amines is 1. The zero-order valence-electron chi connectivity index (χ0n) is 4.71. The van der Waals surface area contributed by atoms with E-state index in [9.17, 15) is 4.79 Å². The zero-order chi connectivity index (χ0) is 6.69. The van der Waals surface area contributed by atoms with Crippen molar-refractivity contribution in [1.29, 1.82) is 0 Å². The monoisotopic (exact) mass is 126 g/mol. The molecule has 0 atom stereocenters. The van der Waals surface area contributed by atoms with Crippen LogP contribution in [0.15, 0.2) is 0 Å². The molecule has 1 radical (unpaired) electrons. The molecule has 0 bridgehead atoms. The quantitative estimate of drug-likeness (QED) is 0.510. The van der Waals surface area contributed by atoms with Crippen LogP contribution in [0.25, 0.3) is 0 Å². The van der Waals surface area contributed by atoms with Crippen LogP contribution in [-0.4, -0.2) is 28.3 Å². The van der Waals surface area contributed by atoms with E-state index in [2.05, 4.69) is 26.2 Å². The number of carbonyl (C=O) groups excluding carboxylic acids is 1. The number of rotatable bonds is 1. The third kappa shape index (κ3) is 1.04. The topological polar surface area (TPSA) is 67.9 Å². The highest BCUT2D eigenvalue weighted by atomic mass is 16.5. The molecule has 9 heavy (non-hydrogen) atoms. The SMILES string of the molecule is COC(=O)c1nn[c][nH]1. The second-order valence-corrected chi connectivity index (χ2v) is 1.28. The second kappa shape index (κ2) is 2.25. The molecule has 0 aliphatic heterocycles. The lowest BCUT2D eigenvalue weighted by atomic mass is 10.6. The van der Waals surface area contributed by atoms with Crippen LogP contribution < -0.4 is 0 Å². The molecule has 0 saturated heterocycles. The van der Waals surface area contributed by atoms with E-state index < -0.39 is 5.97 Å². The Morgan fingerprint density at radius 3 is 3.11 bits per heavy atom. The first-order chi connectivity index (χ1) is 4.34. The molecule has 0 spiro atoms. The van der Waals surface area contributed by atoms with Gasteiger partial charge < -0.3 is 9.72 Å². The third-order valence-corrected chi connectivity index (χ3v) is 0.753. The molecule has 0 unspecified atom stereocenters. The van der Waals surface area contributed by atoms with Gasteiger partial charge in [0.25, 0.3) is 0 Å². The van der Waals surface area contributed by atoms with Gasteiger partial charge >= 0.3 is 5.97 Å². The van der Waals surface area contributed by atoms with Crippen molar-refractivity contribution in [3.8, 4) is 0 Å². The van der Waals surface area contributed by atoms with Crippen LogP contribution in [0.1, 0.15) is 10.6 Å². The first-order valence-electron chi connectivity index (χ1n) is 2.21. The van der Waals surface area contributed by atoms with Crippen molar-refractivity contribution in [2.24, 2.45) is 0 Å². The minimum atomic E-state index is -0.538. The third-order valence-electron chi connectivity index (χ3n) is 0.753. The standard InChI is InChI=1S/C4H4N3O2/c1-9-4(8)3-5-2-6-7-3/h1H3,(H,5,6,7). The summed E-state index contributed by atoms with van der Waals surface area (Å²) in [5.41, 5.74) is 0. The van der Waals surface area contributed by atoms with Crippen molar-refractivity contribution in [2.75, 3.05) is 7.11 Å². The number of hydrogen-bond donors (Lipinski definition) is 1. The molecule has 47 valence electrons. The number of nitrogens with one attached hydrogen (secondary N) is 1. The van der Waals surface area contributed by atoms with Gasteiger partial charge in [0, 0.05) is 0 Å². The first-order valence-corrected chi connectivity index (χ1v) is 2.21. The summed E-state index contributed by atoms with van der Waals surface area (Å²) < 4.78 is 4.30. The summed E-state index contributed by atoms with van der Waals surface area (Å²) >= 11 is 0. The smallest absolute Gasteiger partial charge is 0.376 e. The summed E-state index contributed by atoms with van der Waals surface area (Å²) in [7, 11) is 1.27. The Labute approximate surface area is 51.1 Å². The van der Waals surface area contributed by atoms with Crippen LogP contribution in [0.5, 0.6) is 0 Å². The molecule has 1 aromatic heterocycles. The average Bonchev–Trinajstić information content (AvgIpc) is 2.37. The van der Waals surface area contributed by atoms with E-state index >= 15 is 0 Å². The molecule has 0 fully saturated rings. The molecular weight excluding hydrogens is 122 g/mol. The largest absolute Gasteiger partial charge is 0.463 e. The summed E-state index contributed by atoms with van der Waals surface area (Å²) in [6.07, 6.45) is 2.26. The van der Waals surface area contributed by atoms with Crippen LogP contribution in [0, 0.1) is 6.33 Å². The Morgan fingerprint density at radius 2 is 2.67 bits per heavy atom. The molecule has 5 heteroatoms. The minimum Gasteiger partial charge on any atom is -0.463 e. The lowest BCUT2D eigenvalue weighted by Crippen LogP contribution is -2.02. The summed E-state index contributed by atoms with van der Waals surface area (Å²) in [6.45, 7) is 0. The number of nitrogens with zero attached hydrogens (tertiary/aromatic N) is 2. The Hall–Kier alpha value is -1.39. The average molecular weight is 126 g/mol. The van der Waals surface area contributed by atoms with Crippen molar-refractivity contribution < 1.29 is 9.53 Å². The Kier molecular flexibility index (Phi) is 1.44. The molecule has 0 saturated carbocycles. The van der Waals surface area contributed by atoms with Crippen LogP contribution in [-0.2, 0) is 4.74 Å². The summed E-state index contributed by atoms with van der Waals surface area (Å²) in [4.78, 5) is 12.9. The normalized spacial score (nSPS) is 9.00. The zero-order valence-corrected chi connectivity index (χ0v) is 4.71. The van der Waals surface area contributed by atoms with E-state index in [0.29, 0.717) is 0 Å². The number of esters is 1. The van der Waals surface area contributed by atoms with Gasteiger partial charge in [-0.05, 0) is 0 Å². The predicted octanol–water partition coefficient (Wildman–Crippen LogP) is -0.609. The van der Waals surface area contributed by atoms with Gasteiger partial charge in [-0.25, -0.2) is 4.79 Å². The lowest BCUT2D eigenvalue weighted by Gasteiger charge is -1.88. The van der Waals surface area contributed by atoms with Gasteiger partial charge in [-0.2, -0.15) is 0 Å². The number of carbonyl (C=O) groups is 1. The van der Waals surface area contributed by atoms with Crippen molar-refractivity contribution in [2.45, 2.75) is 0 Å².